The van der Waals surface area contributed by atoms with Crippen LogP contribution in [0.4, 0.5) is 0 Å². The second kappa shape index (κ2) is 8.98. The molecule has 5 rings (SSSR count). The zero-order chi connectivity index (χ0) is 25.8. The Bertz CT molecular complexity index is 1050. The fourth-order valence-corrected chi connectivity index (χ4v) is 6.43. The Labute approximate surface area is 209 Å². The summed E-state index contributed by atoms with van der Waals surface area (Å²) in [5.41, 5.74) is 0.327. The van der Waals surface area contributed by atoms with Gasteiger partial charge in [-0.05, 0) is 81.8 Å². The van der Waals surface area contributed by atoms with Gasteiger partial charge in [0.05, 0.1) is 18.8 Å². The van der Waals surface area contributed by atoms with Gasteiger partial charge in [-0.1, -0.05) is 26.0 Å². The lowest BCUT2D eigenvalue weighted by Crippen LogP contribution is -2.65. The van der Waals surface area contributed by atoms with Crippen LogP contribution in [-0.2, 0) is 25.3 Å². The number of benzene rings is 1. The zero-order valence-corrected chi connectivity index (χ0v) is 22.0. The number of rotatable bonds is 7. The van der Waals surface area contributed by atoms with Crippen LogP contribution in [0, 0.1) is 29.6 Å². The Hall–Kier alpha value is -2.30. The van der Waals surface area contributed by atoms with Gasteiger partial charge in [0.15, 0.2) is 0 Å². The van der Waals surface area contributed by atoms with E-state index < -0.39 is 18.7 Å². The van der Waals surface area contributed by atoms with Crippen LogP contribution in [0.2, 0.25) is 5.82 Å². The molecule has 188 valence electrons. The molecule has 0 unspecified atom stereocenters. The van der Waals surface area contributed by atoms with Crippen molar-refractivity contribution in [2.45, 2.75) is 90.3 Å². The molecular formula is C28H37BO6. The van der Waals surface area contributed by atoms with Gasteiger partial charge in [-0.2, -0.15) is 0 Å². The van der Waals surface area contributed by atoms with Gasteiger partial charge in [0.2, 0.25) is 5.78 Å². The summed E-state index contributed by atoms with van der Waals surface area (Å²) in [5.74, 6) is 2.64. The van der Waals surface area contributed by atoms with Crippen molar-refractivity contribution >= 4 is 18.9 Å². The minimum atomic E-state index is -0.633. The lowest BCUT2D eigenvalue weighted by Gasteiger charge is -2.64. The third kappa shape index (κ3) is 4.63. The molecule has 0 N–H and O–H groups in total. The molecule has 2 bridgehead atoms. The topological polar surface area (TPSA) is 71.1 Å². The van der Waals surface area contributed by atoms with Crippen LogP contribution >= 0.6 is 0 Å². The molecular weight excluding hydrogens is 443 g/mol. The van der Waals surface area contributed by atoms with Crippen molar-refractivity contribution in [3.8, 4) is 18.1 Å². The first-order valence-electron chi connectivity index (χ1n) is 12.5. The molecule has 1 aromatic rings. The number of terminal acetylenes is 1. The van der Waals surface area contributed by atoms with E-state index in [0.29, 0.717) is 29.6 Å². The highest BCUT2D eigenvalue weighted by Gasteiger charge is 2.68. The van der Waals surface area contributed by atoms with Crippen molar-refractivity contribution in [1.82, 2.24) is 0 Å². The molecule has 0 spiro atoms. The fourth-order valence-electron chi connectivity index (χ4n) is 6.43. The summed E-state index contributed by atoms with van der Waals surface area (Å²) in [7, 11) is 0.967. The first kappa shape index (κ1) is 25.8. The van der Waals surface area contributed by atoms with Gasteiger partial charge >= 0.3 is 13.1 Å². The van der Waals surface area contributed by atoms with E-state index in [1.807, 2.05) is 26.8 Å². The van der Waals surface area contributed by atoms with E-state index in [0.717, 1.165) is 18.4 Å². The number of ether oxygens (including phenoxy) is 2. The number of carbonyl (C=O) groups is 2. The highest BCUT2D eigenvalue weighted by molar-refractivity contribution is 6.48. The summed E-state index contributed by atoms with van der Waals surface area (Å²) in [5, 5.41) is 0. The molecule has 4 fully saturated rings. The van der Waals surface area contributed by atoms with Crippen molar-refractivity contribution in [3.63, 3.8) is 0 Å². The van der Waals surface area contributed by atoms with Crippen LogP contribution < -0.4 is 4.74 Å². The molecule has 6 nitrogen and oxygen atoms in total. The van der Waals surface area contributed by atoms with Crippen LogP contribution in [0.1, 0.15) is 76.7 Å². The van der Waals surface area contributed by atoms with Gasteiger partial charge < -0.3 is 18.8 Å². The second-order valence-corrected chi connectivity index (χ2v) is 12.1. The van der Waals surface area contributed by atoms with E-state index >= 15 is 0 Å². The van der Waals surface area contributed by atoms with E-state index in [-0.39, 0.29) is 35.1 Å². The molecule has 0 amide bonds. The number of para-hydroxylation sites is 1. The molecule has 1 saturated heterocycles. The third-order valence-corrected chi connectivity index (χ3v) is 8.36. The lowest BCUT2D eigenvalue weighted by molar-refractivity contribution is -0.199. The summed E-state index contributed by atoms with van der Waals surface area (Å²) in [4.78, 5) is 25.2. The number of methoxy groups -OCH3 is 1. The van der Waals surface area contributed by atoms with E-state index in [4.69, 9.17) is 25.2 Å². The minimum absolute atomic E-state index is 0.00251. The Morgan fingerprint density at radius 3 is 2.57 bits per heavy atom. The molecule has 0 radical (unpaired) electrons. The predicted octanol–water partition coefficient (Wildman–Crippen LogP) is 4.88. The first-order chi connectivity index (χ1) is 16.3. The van der Waals surface area contributed by atoms with Crippen LogP contribution in [0.25, 0.3) is 0 Å². The van der Waals surface area contributed by atoms with Gasteiger partial charge in [0, 0.05) is 12.2 Å². The normalized spacial score (nSPS) is 29.4. The second-order valence-electron chi connectivity index (χ2n) is 12.1. The molecule has 5 atom stereocenters. The molecule has 3 aliphatic carbocycles. The monoisotopic (exact) mass is 480 g/mol. The Morgan fingerprint density at radius 2 is 1.97 bits per heavy atom. The predicted molar refractivity (Wildman–Crippen MR) is 134 cm³/mol. The molecule has 7 heteroatoms. The molecule has 1 aliphatic heterocycles. The van der Waals surface area contributed by atoms with E-state index in [2.05, 4.69) is 26.7 Å². The molecule has 35 heavy (non-hydrogen) atoms. The van der Waals surface area contributed by atoms with Gasteiger partial charge in [0.1, 0.15) is 16.9 Å². The van der Waals surface area contributed by atoms with Gasteiger partial charge in [0.25, 0.3) is 0 Å². The molecule has 1 aromatic carbocycles. The molecule has 3 saturated carbocycles. The largest absolute Gasteiger partial charge is 0.496 e. The van der Waals surface area contributed by atoms with E-state index in [1.165, 1.54) is 7.11 Å². The van der Waals surface area contributed by atoms with Crippen LogP contribution in [0.3, 0.4) is 0 Å². The number of carbonyl (C=O) groups excluding carboxylic acids is 2. The molecule has 1 heterocycles. The van der Waals surface area contributed by atoms with Crippen molar-refractivity contribution < 1.29 is 28.4 Å². The standard InChI is InChI=1S/C28H37BO6/c1-9-20(30)16-19(29-34-23-15-18-14-22(27(18,5)6)28(23,7)35-29)13-17-11-10-12-21(24(17)32-8)25(31)33-26(2,3)4/h1,10-12,18-19,22-23H,13-16H2,2-8H3/t18-,19+,22-,23+,28-/m0/s1. The van der Waals surface area contributed by atoms with Crippen molar-refractivity contribution in [1.29, 1.82) is 0 Å². The van der Waals surface area contributed by atoms with E-state index in [1.54, 1.807) is 12.1 Å². The van der Waals surface area contributed by atoms with Crippen LogP contribution in [0.15, 0.2) is 18.2 Å². The fraction of sp³-hybridized carbons (Fsp3) is 0.643. The molecule has 4 aliphatic rings. The average molecular weight is 480 g/mol. The van der Waals surface area contributed by atoms with E-state index in [9.17, 15) is 9.59 Å². The van der Waals surface area contributed by atoms with Gasteiger partial charge in [-0.3, -0.25) is 4.79 Å². The summed E-state index contributed by atoms with van der Waals surface area (Å²) in [6, 6.07) is 5.38. The number of Topliss-reactive ketones (excluding diaryl/α,β-unsaturated/α-hetero) is 1. The SMILES string of the molecule is C#CC(=O)C[C@@H](Cc1cccc(C(=O)OC(C)(C)C)c1OC)B1O[C@@H]2C[C@@H]3C[C@@H](C3(C)C)[C@]2(C)O1. The maximum absolute atomic E-state index is 12.8. The van der Waals surface area contributed by atoms with Crippen molar-refractivity contribution in [2.24, 2.45) is 17.3 Å². The highest BCUT2D eigenvalue weighted by atomic mass is 16.7. The minimum Gasteiger partial charge on any atom is -0.496 e. The number of hydrogen-bond acceptors (Lipinski definition) is 6. The van der Waals surface area contributed by atoms with Gasteiger partial charge in [-0.15, -0.1) is 6.42 Å². The summed E-state index contributed by atoms with van der Waals surface area (Å²) in [6.07, 6.45) is 8.09. The Kier molecular flexibility index (Phi) is 6.61. The zero-order valence-electron chi connectivity index (χ0n) is 22.0. The van der Waals surface area contributed by atoms with Gasteiger partial charge in [-0.25, -0.2) is 4.79 Å². The molecule has 0 aromatic heterocycles. The smallest absolute Gasteiger partial charge is 0.461 e. The lowest BCUT2D eigenvalue weighted by atomic mass is 9.43. The summed E-state index contributed by atoms with van der Waals surface area (Å²) in [6.45, 7) is 12.3. The van der Waals surface area contributed by atoms with Crippen LogP contribution in [0.5, 0.6) is 5.75 Å². The number of ketones is 1. The quantitative estimate of drug-likeness (QED) is 0.240. The van der Waals surface area contributed by atoms with Crippen LogP contribution in [-0.4, -0.2) is 43.3 Å². The summed E-state index contributed by atoms with van der Waals surface area (Å²) >= 11 is 0. The number of hydrogen-bond donors (Lipinski definition) is 0. The first-order valence-corrected chi connectivity index (χ1v) is 12.5. The van der Waals surface area contributed by atoms with Crippen molar-refractivity contribution in [2.75, 3.05) is 7.11 Å². The maximum atomic E-state index is 12.8. The average Bonchev–Trinajstić information content (AvgIpc) is 3.14. The number of esters is 1. The maximum Gasteiger partial charge on any atom is 0.461 e. The Balaban J connectivity index is 1.61. The summed E-state index contributed by atoms with van der Waals surface area (Å²) < 4.78 is 24.4. The highest BCUT2D eigenvalue weighted by Crippen LogP contribution is 2.66. The Morgan fingerprint density at radius 1 is 1.26 bits per heavy atom. The van der Waals surface area contributed by atoms with Crippen molar-refractivity contribution in [3.05, 3.63) is 29.3 Å². The third-order valence-electron chi connectivity index (χ3n) is 8.36.